The van der Waals surface area contributed by atoms with Crippen molar-refractivity contribution in [2.24, 2.45) is 0 Å². The monoisotopic (exact) mass is 264 g/mol. The zero-order valence-electron chi connectivity index (χ0n) is 11.5. The first kappa shape index (κ1) is 13.9. The second-order valence-electron chi connectivity index (χ2n) is 4.90. The predicted molar refractivity (Wildman–Crippen MR) is 80.4 cm³/mol. The minimum atomic E-state index is 0.701. The van der Waals surface area contributed by atoms with E-state index in [9.17, 15) is 0 Å². The minimum absolute atomic E-state index is 0.701. The zero-order valence-corrected chi connectivity index (χ0v) is 12.3. The first-order chi connectivity index (χ1) is 8.83. The van der Waals surface area contributed by atoms with E-state index in [-0.39, 0.29) is 0 Å². The van der Waals surface area contributed by atoms with Crippen molar-refractivity contribution in [3.63, 3.8) is 0 Å². The maximum absolute atomic E-state index is 3.43. The van der Waals surface area contributed by atoms with Gasteiger partial charge in [0.15, 0.2) is 0 Å². The Morgan fingerprint density at radius 2 is 1.89 bits per heavy atom. The average molecular weight is 264 g/mol. The molecule has 1 aliphatic heterocycles. The third-order valence-corrected chi connectivity index (χ3v) is 4.51. The molecule has 1 aromatic rings. The summed E-state index contributed by atoms with van der Waals surface area (Å²) in [5, 5.41) is 3.43. The molecule has 1 aromatic carbocycles. The number of piperazine rings is 1. The van der Waals surface area contributed by atoms with E-state index in [1.165, 1.54) is 36.4 Å². The molecule has 0 bridgehead atoms. The summed E-state index contributed by atoms with van der Waals surface area (Å²) in [6.07, 6.45) is 4.56. The topological polar surface area (TPSA) is 15.3 Å². The first-order valence-corrected chi connectivity index (χ1v) is 8.13. The van der Waals surface area contributed by atoms with Gasteiger partial charge in [0, 0.05) is 37.1 Å². The van der Waals surface area contributed by atoms with Crippen molar-refractivity contribution in [3.8, 4) is 0 Å². The molecule has 2 nitrogen and oxygen atoms in total. The van der Waals surface area contributed by atoms with E-state index in [1.54, 1.807) is 0 Å². The molecule has 1 atom stereocenters. The number of nitrogens with one attached hydrogen (secondary N) is 1. The van der Waals surface area contributed by atoms with Crippen LogP contribution in [0.1, 0.15) is 18.9 Å². The predicted octanol–water partition coefficient (Wildman–Crippen LogP) is 2.63. The molecule has 0 amide bonds. The number of hydrogen-bond acceptors (Lipinski definition) is 3. The smallest absolute Gasteiger partial charge is 0.0134 e. The third-order valence-electron chi connectivity index (χ3n) is 3.77. The van der Waals surface area contributed by atoms with Gasteiger partial charge in [0.05, 0.1) is 0 Å². The summed E-state index contributed by atoms with van der Waals surface area (Å²) in [6, 6.07) is 9.76. The van der Waals surface area contributed by atoms with E-state index < -0.39 is 0 Å². The highest BCUT2D eigenvalue weighted by molar-refractivity contribution is 7.98. The molecule has 1 N–H and O–H groups in total. The van der Waals surface area contributed by atoms with Crippen LogP contribution in [0, 0.1) is 0 Å². The summed E-state index contributed by atoms with van der Waals surface area (Å²) in [5.74, 6) is 0. The van der Waals surface area contributed by atoms with E-state index in [0.717, 1.165) is 13.1 Å². The first-order valence-electron chi connectivity index (χ1n) is 6.91. The van der Waals surface area contributed by atoms with Gasteiger partial charge in [-0.25, -0.2) is 0 Å². The fourth-order valence-corrected chi connectivity index (χ4v) is 3.02. The molecule has 1 aliphatic rings. The Hall–Kier alpha value is -0.510. The van der Waals surface area contributed by atoms with Crippen LogP contribution in [0.4, 0.5) is 0 Å². The second kappa shape index (κ2) is 7.17. The lowest BCUT2D eigenvalue weighted by atomic mass is 10.0. The van der Waals surface area contributed by atoms with Gasteiger partial charge in [-0.2, -0.15) is 0 Å². The van der Waals surface area contributed by atoms with Crippen molar-refractivity contribution in [2.45, 2.75) is 30.7 Å². The van der Waals surface area contributed by atoms with Crippen LogP contribution < -0.4 is 5.32 Å². The van der Waals surface area contributed by atoms with Gasteiger partial charge < -0.3 is 5.32 Å². The molecule has 2 rings (SSSR count). The summed E-state index contributed by atoms with van der Waals surface area (Å²) in [7, 11) is 0. The summed E-state index contributed by atoms with van der Waals surface area (Å²) in [6.45, 7) is 6.98. The maximum atomic E-state index is 3.43. The summed E-state index contributed by atoms with van der Waals surface area (Å²) < 4.78 is 0. The fourth-order valence-electron chi connectivity index (χ4n) is 2.61. The quantitative estimate of drug-likeness (QED) is 0.823. The Balaban J connectivity index is 1.95. The van der Waals surface area contributed by atoms with Crippen LogP contribution in [0.2, 0.25) is 0 Å². The minimum Gasteiger partial charge on any atom is -0.314 e. The van der Waals surface area contributed by atoms with Crippen LogP contribution in [-0.2, 0) is 6.42 Å². The van der Waals surface area contributed by atoms with Crippen molar-refractivity contribution >= 4 is 11.8 Å². The Morgan fingerprint density at radius 1 is 1.22 bits per heavy atom. The summed E-state index contributed by atoms with van der Waals surface area (Å²) >= 11 is 1.81. The Bertz CT molecular complexity index is 344. The number of benzene rings is 1. The second-order valence-corrected chi connectivity index (χ2v) is 5.78. The number of thioether (sulfide) groups is 1. The molecule has 1 saturated heterocycles. The Morgan fingerprint density at radius 3 is 2.44 bits per heavy atom. The van der Waals surface area contributed by atoms with E-state index in [0.29, 0.717) is 6.04 Å². The van der Waals surface area contributed by atoms with Gasteiger partial charge in [0.1, 0.15) is 0 Å². The molecular formula is C15H24N2S. The molecule has 0 aliphatic carbocycles. The van der Waals surface area contributed by atoms with Crippen molar-refractivity contribution in [2.75, 3.05) is 32.4 Å². The number of rotatable bonds is 5. The number of nitrogens with zero attached hydrogens (tertiary/aromatic N) is 1. The normalized spacial score (nSPS) is 18.8. The fraction of sp³-hybridized carbons (Fsp3) is 0.600. The summed E-state index contributed by atoms with van der Waals surface area (Å²) in [4.78, 5) is 3.99. The highest BCUT2D eigenvalue weighted by Crippen LogP contribution is 2.18. The molecule has 0 saturated carbocycles. The maximum Gasteiger partial charge on any atom is 0.0134 e. The number of hydrogen-bond donors (Lipinski definition) is 1. The van der Waals surface area contributed by atoms with Gasteiger partial charge in [-0.05, 0) is 36.8 Å². The van der Waals surface area contributed by atoms with Crippen LogP contribution in [-0.4, -0.2) is 43.4 Å². The molecule has 1 heterocycles. The largest absolute Gasteiger partial charge is 0.314 e. The van der Waals surface area contributed by atoms with Gasteiger partial charge in [0.25, 0.3) is 0 Å². The van der Waals surface area contributed by atoms with Crippen molar-refractivity contribution in [3.05, 3.63) is 29.8 Å². The van der Waals surface area contributed by atoms with E-state index in [2.05, 4.69) is 47.7 Å². The van der Waals surface area contributed by atoms with Crippen molar-refractivity contribution in [1.29, 1.82) is 0 Å². The van der Waals surface area contributed by atoms with Crippen LogP contribution in [0.25, 0.3) is 0 Å². The lowest BCUT2D eigenvalue weighted by Gasteiger charge is -2.34. The standard InChI is InChI=1S/C15H24N2S/c1-3-14(17-10-8-16-9-11-17)12-13-4-6-15(18-2)7-5-13/h4-7,14,16H,3,8-12H2,1-2H3. The highest BCUT2D eigenvalue weighted by atomic mass is 32.2. The van der Waals surface area contributed by atoms with Gasteiger partial charge in [-0.15, -0.1) is 11.8 Å². The van der Waals surface area contributed by atoms with Crippen LogP contribution in [0.5, 0.6) is 0 Å². The van der Waals surface area contributed by atoms with Gasteiger partial charge >= 0.3 is 0 Å². The van der Waals surface area contributed by atoms with Crippen LogP contribution >= 0.6 is 11.8 Å². The van der Waals surface area contributed by atoms with Crippen molar-refractivity contribution < 1.29 is 0 Å². The molecule has 0 radical (unpaired) electrons. The molecule has 100 valence electrons. The summed E-state index contributed by atoms with van der Waals surface area (Å²) in [5.41, 5.74) is 1.47. The van der Waals surface area contributed by atoms with Crippen LogP contribution in [0.3, 0.4) is 0 Å². The molecule has 0 aromatic heterocycles. The van der Waals surface area contributed by atoms with Gasteiger partial charge in [-0.3, -0.25) is 4.90 Å². The van der Waals surface area contributed by atoms with Crippen LogP contribution in [0.15, 0.2) is 29.2 Å². The molecule has 1 unspecified atom stereocenters. The molecule has 18 heavy (non-hydrogen) atoms. The average Bonchev–Trinajstić information content (AvgIpc) is 2.46. The Labute approximate surface area is 115 Å². The van der Waals surface area contributed by atoms with Crippen molar-refractivity contribution in [1.82, 2.24) is 10.2 Å². The molecule has 0 spiro atoms. The molecule has 1 fully saturated rings. The highest BCUT2D eigenvalue weighted by Gasteiger charge is 2.18. The van der Waals surface area contributed by atoms with E-state index in [1.807, 2.05) is 11.8 Å². The van der Waals surface area contributed by atoms with Gasteiger partial charge in [-0.1, -0.05) is 19.1 Å². The SMILES string of the molecule is CCC(Cc1ccc(SC)cc1)N1CCNCC1. The van der Waals surface area contributed by atoms with E-state index in [4.69, 9.17) is 0 Å². The lowest BCUT2D eigenvalue weighted by molar-refractivity contribution is 0.167. The van der Waals surface area contributed by atoms with Gasteiger partial charge in [0.2, 0.25) is 0 Å². The zero-order chi connectivity index (χ0) is 12.8. The molecule has 3 heteroatoms. The third kappa shape index (κ3) is 3.74. The Kier molecular flexibility index (Phi) is 5.54. The lowest BCUT2D eigenvalue weighted by Crippen LogP contribution is -2.48. The molecular weight excluding hydrogens is 240 g/mol. The van der Waals surface area contributed by atoms with E-state index >= 15 is 0 Å².